The molecular weight excluding hydrogens is 394 g/mol. The number of benzene rings is 1. The van der Waals surface area contributed by atoms with E-state index in [1.54, 1.807) is 6.92 Å². The summed E-state index contributed by atoms with van der Waals surface area (Å²) in [6.45, 7) is 4.54. The molecule has 8 heteroatoms. The van der Waals surface area contributed by atoms with Crippen LogP contribution >= 0.6 is 0 Å². The van der Waals surface area contributed by atoms with Crippen LogP contribution in [-0.4, -0.2) is 36.1 Å². The molecule has 1 atom stereocenters. The van der Waals surface area contributed by atoms with Crippen molar-refractivity contribution in [3.8, 4) is 0 Å². The third-order valence-electron chi connectivity index (χ3n) is 5.81. The van der Waals surface area contributed by atoms with Crippen molar-refractivity contribution in [1.29, 1.82) is 5.41 Å². The Balaban J connectivity index is 0.000000217. The molecule has 0 aliphatic heterocycles. The molecule has 3 heterocycles. The number of aromatic carboxylic acids is 1. The van der Waals surface area contributed by atoms with E-state index in [0.29, 0.717) is 5.69 Å². The molecule has 0 saturated heterocycles. The fourth-order valence-electron chi connectivity index (χ4n) is 4.18. The minimum atomic E-state index is -1.09. The molecule has 0 bridgehead atoms. The van der Waals surface area contributed by atoms with Gasteiger partial charge in [0, 0.05) is 65.8 Å². The maximum atomic E-state index is 10.1. The number of carboxylic acid groups (broad SMARTS) is 1. The van der Waals surface area contributed by atoms with Crippen molar-refractivity contribution in [3.05, 3.63) is 71.3 Å². The number of carbonyl (C=O) groups is 1. The molecule has 4 aromatic rings. The number of carboxylic acids is 1. The van der Waals surface area contributed by atoms with Gasteiger partial charge in [-0.2, -0.15) is 0 Å². The summed E-state index contributed by atoms with van der Waals surface area (Å²) in [6.07, 6.45) is 5.93. The minimum Gasteiger partial charge on any atom is -0.475 e. The predicted octanol–water partition coefficient (Wildman–Crippen LogP) is 3.99. The van der Waals surface area contributed by atoms with Crippen molar-refractivity contribution in [2.45, 2.75) is 33.2 Å². The van der Waals surface area contributed by atoms with E-state index < -0.39 is 5.97 Å². The number of hydrogen-bond donors (Lipinski definition) is 2. The van der Waals surface area contributed by atoms with E-state index in [4.69, 9.17) is 10.5 Å². The quantitative estimate of drug-likeness (QED) is 0.522. The average molecular weight is 419 g/mol. The Bertz CT molecular complexity index is 1260. The molecule has 1 aromatic carbocycles. The van der Waals surface area contributed by atoms with E-state index in [-0.39, 0.29) is 11.7 Å². The third kappa shape index (κ3) is 3.88. The van der Waals surface area contributed by atoms with Gasteiger partial charge in [0.05, 0.1) is 5.69 Å². The van der Waals surface area contributed by atoms with E-state index in [1.165, 1.54) is 22.7 Å². The Kier molecular flexibility index (Phi) is 5.46. The van der Waals surface area contributed by atoms with E-state index >= 15 is 0 Å². The van der Waals surface area contributed by atoms with Gasteiger partial charge in [0.2, 0.25) is 5.76 Å². The minimum absolute atomic E-state index is 0.118. The highest BCUT2D eigenvalue weighted by Crippen LogP contribution is 2.34. The van der Waals surface area contributed by atoms with Gasteiger partial charge in [0.15, 0.2) is 0 Å². The van der Waals surface area contributed by atoms with Crippen molar-refractivity contribution < 1.29 is 14.4 Å². The van der Waals surface area contributed by atoms with Crippen LogP contribution in [0.2, 0.25) is 0 Å². The topological polar surface area (TPSA) is 110 Å². The molecule has 160 valence electrons. The lowest BCUT2D eigenvalue weighted by molar-refractivity contribution is 0.0652. The first kappa shape index (κ1) is 20.6. The largest absolute Gasteiger partial charge is 0.475 e. The molecule has 8 nitrogen and oxygen atoms in total. The van der Waals surface area contributed by atoms with Gasteiger partial charge in [-0.15, -0.1) is 0 Å². The van der Waals surface area contributed by atoms with Crippen LogP contribution < -0.4 is 0 Å². The number of para-hydroxylation sites is 1. The second-order valence-corrected chi connectivity index (χ2v) is 7.81. The number of imidazole rings is 1. The fourth-order valence-corrected chi connectivity index (χ4v) is 4.18. The van der Waals surface area contributed by atoms with Crippen LogP contribution in [-0.2, 0) is 20.0 Å². The molecule has 31 heavy (non-hydrogen) atoms. The van der Waals surface area contributed by atoms with E-state index in [0.717, 1.165) is 36.5 Å². The van der Waals surface area contributed by atoms with Crippen LogP contribution in [0, 0.1) is 25.2 Å². The summed E-state index contributed by atoms with van der Waals surface area (Å²) in [6, 6.07) is 9.80. The van der Waals surface area contributed by atoms with Gasteiger partial charge in [-0.1, -0.05) is 23.4 Å². The van der Waals surface area contributed by atoms with Gasteiger partial charge in [0.25, 0.3) is 0 Å². The Hall–Kier alpha value is -3.68. The predicted molar refractivity (Wildman–Crippen MR) is 117 cm³/mol. The second-order valence-electron chi connectivity index (χ2n) is 7.81. The third-order valence-corrected chi connectivity index (χ3v) is 5.81. The van der Waals surface area contributed by atoms with Crippen LogP contribution in [0.3, 0.4) is 0 Å². The summed E-state index contributed by atoms with van der Waals surface area (Å²) in [5, 5.41) is 21.6. The van der Waals surface area contributed by atoms with Gasteiger partial charge in [-0.25, -0.2) is 9.78 Å². The highest BCUT2D eigenvalue weighted by molar-refractivity contribution is 6.12. The Morgan fingerprint density at radius 3 is 2.71 bits per heavy atom. The summed E-state index contributed by atoms with van der Waals surface area (Å²) in [7, 11) is 2.12. The average Bonchev–Trinajstić information content (AvgIpc) is 3.44. The molecule has 0 radical (unpaired) electrons. The van der Waals surface area contributed by atoms with Gasteiger partial charge in [0.1, 0.15) is 5.82 Å². The van der Waals surface area contributed by atoms with Crippen molar-refractivity contribution >= 4 is 22.6 Å². The molecule has 2 N–H and O–H groups in total. The number of nitrogens with one attached hydrogen (secondary N) is 1. The molecular formula is C23H25N5O3. The maximum absolute atomic E-state index is 10.1. The van der Waals surface area contributed by atoms with Crippen LogP contribution in [0.25, 0.3) is 10.9 Å². The molecule has 5 rings (SSSR count). The monoisotopic (exact) mass is 419 g/mol. The van der Waals surface area contributed by atoms with Crippen molar-refractivity contribution in [3.63, 3.8) is 0 Å². The lowest BCUT2D eigenvalue weighted by Gasteiger charge is -2.25. The van der Waals surface area contributed by atoms with Crippen LogP contribution in [0.15, 0.2) is 47.2 Å². The van der Waals surface area contributed by atoms with Gasteiger partial charge >= 0.3 is 5.97 Å². The number of aryl methyl sites for hydroxylation is 3. The fraction of sp³-hybridized carbons (Fsp3) is 0.304. The van der Waals surface area contributed by atoms with Gasteiger partial charge in [-0.3, -0.25) is 0 Å². The first-order valence-corrected chi connectivity index (χ1v) is 10.2. The number of hydrogen-bond acceptors (Lipinski definition) is 5. The van der Waals surface area contributed by atoms with E-state index in [9.17, 15) is 4.79 Å². The number of rotatable bonds is 3. The van der Waals surface area contributed by atoms with E-state index in [2.05, 4.69) is 55.1 Å². The molecule has 0 fully saturated rings. The molecule has 3 aromatic heterocycles. The molecule has 0 saturated carbocycles. The van der Waals surface area contributed by atoms with Gasteiger partial charge < -0.3 is 24.2 Å². The lowest BCUT2D eigenvalue weighted by Crippen LogP contribution is -2.27. The van der Waals surface area contributed by atoms with Crippen molar-refractivity contribution in [1.82, 2.24) is 19.3 Å². The normalized spacial score (nSPS) is 15.5. The van der Waals surface area contributed by atoms with E-state index in [1.807, 2.05) is 19.3 Å². The zero-order valence-corrected chi connectivity index (χ0v) is 17.8. The molecule has 1 aliphatic rings. The highest BCUT2D eigenvalue weighted by Gasteiger charge is 2.29. The first-order valence-electron chi connectivity index (χ1n) is 10.2. The molecule has 0 amide bonds. The molecule has 1 aliphatic carbocycles. The van der Waals surface area contributed by atoms with Crippen molar-refractivity contribution in [2.24, 2.45) is 13.0 Å². The zero-order chi connectivity index (χ0) is 22.1. The SMILES string of the molecule is Cc1cc(C(=O)O)on1.Cc1nccn1CC1CCc2c(c3ccccc3n2C)C1=N. The first-order chi connectivity index (χ1) is 14.9. The van der Waals surface area contributed by atoms with Gasteiger partial charge in [-0.05, 0) is 32.8 Å². The lowest BCUT2D eigenvalue weighted by atomic mass is 9.84. The molecule has 0 spiro atoms. The van der Waals surface area contributed by atoms with Crippen molar-refractivity contribution in [2.75, 3.05) is 0 Å². The smallest absolute Gasteiger partial charge is 0.374 e. The van der Waals surface area contributed by atoms with Crippen LogP contribution in [0.4, 0.5) is 0 Å². The maximum Gasteiger partial charge on any atom is 0.374 e. The van der Waals surface area contributed by atoms with Crippen LogP contribution in [0.1, 0.15) is 39.8 Å². The summed E-state index contributed by atoms with van der Waals surface area (Å²) in [5.74, 6) is 0.0887. The zero-order valence-electron chi connectivity index (χ0n) is 17.8. The highest BCUT2D eigenvalue weighted by atomic mass is 16.5. The summed E-state index contributed by atoms with van der Waals surface area (Å²) in [4.78, 5) is 14.4. The molecule has 1 unspecified atom stereocenters. The second kappa shape index (κ2) is 8.22. The summed E-state index contributed by atoms with van der Waals surface area (Å²) < 4.78 is 8.80. The summed E-state index contributed by atoms with van der Waals surface area (Å²) >= 11 is 0. The van der Waals surface area contributed by atoms with Crippen LogP contribution in [0.5, 0.6) is 0 Å². The Morgan fingerprint density at radius 1 is 1.32 bits per heavy atom. The Labute approximate surface area is 179 Å². The Morgan fingerprint density at radius 2 is 2.10 bits per heavy atom. The summed E-state index contributed by atoms with van der Waals surface area (Å²) in [5.41, 5.74) is 5.06. The number of nitrogens with zero attached hydrogens (tertiary/aromatic N) is 4. The standard InChI is InChI=1S/C18H20N4.C5H5NO3/c1-12-20-9-10-22(12)11-13-7-8-16-17(18(13)19)14-5-3-4-6-15(14)21(16)2;1-3-2-4(5(7)8)9-6-3/h3-6,9-10,13,19H,7-8,11H2,1-2H3;2H,1H3,(H,7,8). The number of fused-ring (bicyclic) bond motifs is 3. The number of aromatic nitrogens is 4.